The lowest BCUT2D eigenvalue weighted by atomic mass is 9.85. The minimum atomic E-state index is -0.186. The molecular formula is C23H29NO2. The average Bonchev–Trinajstić information content (AvgIpc) is 3.09. The van der Waals surface area contributed by atoms with Gasteiger partial charge in [0, 0.05) is 26.6 Å². The first kappa shape index (κ1) is 17.7. The van der Waals surface area contributed by atoms with Crippen LogP contribution in [0.15, 0.2) is 54.6 Å². The highest BCUT2D eigenvalue weighted by molar-refractivity contribution is 5.36. The van der Waals surface area contributed by atoms with Gasteiger partial charge < -0.3 is 9.47 Å². The average molecular weight is 351 g/mol. The van der Waals surface area contributed by atoms with Crippen LogP contribution in [0.5, 0.6) is 0 Å². The molecular weight excluding hydrogens is 322 g/mol. The van der Waals surface area contributed by atoms with Crippen molar-refractivity contribution in [2.45, 2.75) is 44.0 Å². The molecule has 3 heteroatoms. The molecule has 3 nitrogen and oxygen atoms in total. The van der Waals surface area contributed by atoms with E-state index in [1.807, 2.05) is 0 Å². The molecule has 0 bridgehead atoms. The number of unbranched alkanes of at least 4 members (excludes halogenated alkanes) is 1. The van der Waals surface area contributed by atoms with Crippen molar-refractivity contribution < 1.29 is 9.47 Å². The van der Waals surface area contributed by atoms with E-state index in [4.69, 9.17) is 9.47 Å². The van der Waals surface area contributed by atoms with Gasteiger partial charge in [0.15, 0.2) is 6.29 Å². The summed E-state index contributed by atoms with van der Waals surface area (Å²) in [6.07, 6.45) is 5.44. The number of fused-ring (bicyclic) bond motifs is 2. The molecule has 138 valence electrons. The Bertz CT molecular complexity index is 717. The molecule has 26 heavy (non-hydrogen) atoms. The zero-order chi connectivity index (χ0) is 17.8. The molecule has 0 aromatic heterocycles. The first-order valence-electron chi connectivity index (χ1n) is 9.84. The highest BCUT2D eigenvalue weighted by Gasteiger charge is 2.46. The first-order chi connectivity index (χ1) is 12.8. The van der Waals surface area contributed by atoms with Crippen molar-refractivity contribution in [3.63, 3.8) is 0 Å². The lowest BCUT2D eigenvalue weighted by Crippen LogP contribution is -2.43. The van der Waals surface area contributed by atoms with Crippen LogP contribution in [0.4, 0.5) is 0 Å². The minimum Gasteiger partial charge on any atom is -0.355 e. The molecule has 0 aliphatic carbocycles. The second-order valence-electron chi connectivity index (χ2n) is 7.61. The highest BCUT2D eigenvalue weighted by Crippen LogP contribution is 2.42. The van der Waals surface area contributed by atoms with E-state index in [0.717, 1.165) is 32.5 Å². The van der Waals surface area contributed by atoms with Crippen LogP contribution >= 0.6 is 0 Å². The van der Waals surface area contributed by atoms with E-state index in [0.29, 0.717) is 0 Å². The maximum Gasteiger partial charge on any atom is 0.162 e. The Balaban J connectivity index is 1.35. The molecule has 2 aromatic rings. The van der Waals surface area contributed by atoms with E-state index >= 15 is 0 Å². The lowest BCUT2D eigenvalue weighted by Gasteiger charge is -2.39. The second kappa shape index (κ2) is 7.91. The highest BCUT2D eigenvalue weighted by atomic mass is 16.7. The molecule has 0 N–H and O–H groups in total. The zero-order valence-electron chi connectivity index (χ0n) is 15.7. The van der Waals surface area contributed by atoms with Gasteiger partial charge in [-0.2, -0.15) is 0 Å². The first-order valence-corrected chi connectivity index (χ1v) is 9.84. The zero-order valence-corrected chi connectivity index (χ0v) is 15.7. The molecule has 0 saturated carbocycles. The molecule has 0 radical (unpaired) electrons. The third kappa shape index (κ3) is 3.71. The molecule has 4 rings (SSSR count). The predicted octanol–water partition coefficient (Wildman–Crippen LogP) is 4.16. The van der Waals surface area contributed by atoms with E-state index in [9.17, 15) is 0 Å². The van der Waals surface area contributed by atoms with Crippen LogP contribution in [0.2, 0.25) is 0 Å². The van der Waals surface area contributed by atoms with Crippen LogP contribution in [0, 0.1) is 0 Å². The van der Waals surface area contributed by atoms with Crippen LogP contribution in [0.3, 0.4) is 0 Å². The Kier molecular flexibility index (Phi) is 5.39. The number of aryl methyl sites for hydroxylation is 1. The second-order valence-corrected chi connectivity index (χ2v) is 7.61. The molecule has 2 atom stereocenters. The summed E-state index contributed by atoms with van der Waals surface area (Å²) in [4.78, 5) is 2.57. The topological polar surface area (TPSA) is 21.7 Å². The molecule has 2 aliphatic heterocycles. The van der Waals surface area contributed by atoms with Crippen molar-refractivity contribution in [2.75, 3.05) is 26.7 Å². The molecule has 0 unspecified atom stereocenters. The Labute approximate surface area is 156 Å². The van der Waals surface area contributed by atoms with Crippen molar-refractivity contribution in [1.29, 1.82) is 0 Å². The van der Waals surface area contributed by atoms with Crippen molar-refractivity contribution in [3.05, 3.63) is 71.3 Å². The number of rotatable bonds is 6. The summed E-state index contributed by atoms with van der Waals surface area (Å²) in [5.74, 6) is 0. The molecule has 0 amide bonds. The maximum atomic E-state index is 6.45. The fourth-order valence-corrected chi connectivity index (χ4v) is 4.48. The third-order valence-electron chi connectivity index (χ3n) is 5.86. The lowest BCUT2D eigenvalue weighted by molar-refractivity contribution is -0.208. The van der Waals surface area contributed by atoms with Crippen molar-refractivity contribution in [3.8, 4) is 0 Å². The monoisotopic (exact) mass is 351 g/mol. The van der Waals surface area contributed by atoms with Crippen LogP contribution in [-0.4, -0.2) is 37.9 Å². The van der Waals surface area contributed by atoms with Gasteiger partial charge in [-0.1, -0.05) is 54.6 Å². The van der Waals surface area contributed by atoms with E-state index in [1.54, 1.807) is 7.11 Å². The molecule has 2 aromatic carbocycles. The molecule has 1 saturated heterocycles. The Hall–Kier alpha value is -1.68. The number of hydrogen-bond acceptors (Lipinski definition) is 3. The number of methoxy groups -OCH3 is 1. The summed E-state index contributed by atoms with van der Waals surface area (Å²) in [6, 6.07) is 19.5. The number of likely N-dealkylation sites (tertiary alicyclic amines) is 1. The van der Waals surface area contributed by atoms with Gasteiger partial charge in [0.1, 0.15) is 5.60 Å². The SMILES string of the molecule is CO[C@H]1Cc2ccccc2[C@@]2(CCN(CCCCc3ccccc3)C2)O1. The van der Waals surface area contributed by atoms with E-state index in [-0.39, 0.29) is 11.9 Å². The van der Waals surface area contributed by atoms with Gasteiger partial charge in [-0.15, -0.1) is 0 Å². The summed E-state index contributed by atoms with van der Waals surface area (Å²) >= 11 is 0. The number of hydrogen-bond donors (Lipinski definition) is 0. The Morgan fingerprint density at radius 3 is 2.73 bits per heavy atom. The van der Waals surface area contributed by atoms with Crippen LogP contribution < -0.4 is 0 Å². The van der Waals surface area contributed by atoms with E-state index < -0.39 is 0 Å². The standard InChI is InChI=1S/C23H29NO2/c1-25-22-17-20-12-5-6-13-21(20)23(26-22)14-16-24(18-23)15-8-7-11-19-9-3-2-4-10-19/h2-6,9-10,12-13,22H,7-8,11,14-18H2,1H3/t22-,23+/m1/s1. The van der Waals surface area contributed by atoms with Crippen LogP contribution in [-0.2, 0) is 27.9 Å². The van der Waals surface area contributed by atoms with Gasteiger partial charge in [0.25, 0.3) is 0 Å². The van der Waals surface area contributed by atoms with Gasteiger partial charge in [0.2, 0.25) is 0 Å². The summed E-state index contributed by atoms with van der Waals surface area (Å²) in [5.41, 5.74) is 4.02. The fraction of sp³-hybridized carbons (Fsp3) is 0.478. The van der Waals surface area contributed by atoms with Crippen molar-refractivity contribution in [2.24, 2.45) is 0 Å². The Morgan fingerprint density at radius 2 is 1.88 bits per heavy atom. The summed E-state index contributed by atoms with van der Waals surface area (Å²) in [5, 5.41) is 0. The van der Waals surface area contributed by atoms with Gasteiger partial charge >= 0.3 is 0 Å². The number of ether oxygens (including phenoxy) is 2. The largest absolute Gasteiger partial charge is 0.355 e. The van der Waals surface area contributed by atoms with Crippen LogP contribution in [0.1, 0.15) is 36.0 Å². The number of benzene rings is 2. The molecule has 2 heterocycles. The van der Waals surface area contributed by atoms with Gasteiger partial charge in [-0.3, -0.25) is 4.90 Å². The van der Waals surface area contributed by atoms with Crippen molar-refractivity contribution >= 4 is 0 Å². The Morgan fingerprint density at radius 1 is 1.08 bits per heavy atom. The smallest absolute Gasteiger partial charge is 0.162 e. The summed E-state index contributed by atoms with van der Waals surface area (Å²) < 4.78 is 12.0. The predicted molar refractivity (Wildman–Crippen MR) is 104 cm³/mol. The van der Waals surface area contributed by atoms with Gasteiger partial charge in [-0.25, -0.2) is 0 Å². The van der Waals surface area contributed by atoms with Crippen molar-refractivity contribution in [1.82, 2.24) is 4.90 Å². The van der Waals surface area contributed by atoms with Gasteiger partial charge in [-0.05, 0) is 48.9 Å². The fourth-order valence-electron chi connectivity index (χ4n) is 4.48. The molecule has 1 fully saturated rings. The van der Waals surface area contributed by atoms with Crippen LogP contribution in [0.25, 0.3) is 0 Å². The van der Waals surface area contributed by atoms with E-state index in [2.05, 4.69) is 59.5 Å². The minimum absolute atomic E-state index is 0.122. The quantitative estimate of drug-likeness (QED) is 0.730. The number of nitrogens with zero attached hydrogens (tertiary/aromatic N) is 1. The normalized spacial score (nSPS) is 25.5. The summed E-state index contributed by atoms with van der Waals surface area (Å²) in [6.45, 7) is 3.24. The molecule has 2 aliphatic rings. The third-order valence-corrected chi connectivity index (χ3v) is 5.86. The van der Waals surface area contributed by atoms with E-state index in [1.165, 1.54) is 36.0 Å². The van der Waals surface area contributed by atoms with Gasteiger partial charge in [0.05, 0.1) is 0 Å². The maximum absolute atomic E-state index is 6.45. The molecule has 1 spiro atoms. The summed E-state index contributed by atoms with van der Waals surface area (Å²) in [7, 11) is 1.75.